The van der Waals surface area contributed by atoms with Crippen molar-refractivity contribution in [2.75, 3.05) is 0 Å². The summed E-state index contributed by atoms with van der Waals surface area (Å²) in [5, 5.41) is 19.7. The van der Waals surface area contributed by atoms with E-state index in [0.29, 0.717) is 0 Å². The van der Waals surface area contributed by atoms with Crippen LogP contribution in [0.25, 0.3) is 0 Å². The maximum absolute atomic E-state index is 10.2. The molecule has 0 fully saturated rings. The first kappa shape index (κ1) is 7.52. The molecule has 1 atom stereocenters. The minimum atomic E-state index is -1.24. The van der Waals surface area contributed by atoms with E-state index in [2.05, 4.69) is 9.99 Å². The van der Waals surface area contributed by atoms with E-state index in [1.165, 1.54) is 0 Å². The van der Waals surface area contributed by atoms with Crippen molar-refractivity contribution in [2.45, 2.75) is 12.5 Å². The SMILES string of the molecule is O=C(O)C1=NO[C@@H](C(=O)O)C1. The molecule has 1 aliphatic rings. The van der Waals surface area contributed by atoms with Gasteiger partial charge in [0.1, 0.15) is 0 Å². The molecule has 6 nitrogen and oxygen atoms in total. The first-order chi connectivity index (χ1) is 5.11. The fourth-order valence-electron chi connectivity index (χ4n) is 0.636. The Morgan fingerprint density at radius 3 is 2.45 bits per heavy atom. The summed E-state index contributed by atoms with van der Waals surface area (Å²) in [5.41, 5.74) is -0.252. The van der Waals surface area contributed by atoms with Gasteiger partial charge in [-0.25, -0.2) is 9.59 Å². The molecule has 0 unspecified atom stereocenters. The monoisotopic (exact) mass is 159 g/mol. The average Bonchev–Trinajstić information content (AvgIpc) is 2.33. The Labute approximate surface area is 61.1 Å². The molecule has 0 aromatic rings. The van der Waals surface area contributed by atoms with E-state index in [1.54, 1.807) is 0 Å². The van der Waals surface area contributed by atoms with E-state index in [9.17, 15) is 9.59 Å². The number of rotatable bonds is 2. The molecule has 11 heavy (non-hydrogen) atoms. The van der Waals surface area contributed by atoms with Crippen LogP contribution in [0.1, 0.15) is 6.42 Å². The lowest BCUT2D eigenvalue weighted by molar-refractivity contribution is -0.148. The molecule has 1 aliphatic heterocycles. The van der Waals surface area contributed by atoms with Crippen molar-refractivity contribution in [3.8, 4) is 0 Å². The van der Waals surface area contributed by atoms with Gasteiger partial charge in [-0.05, 0) is 0 Å². The van der Waals surface area contributed by atoms with Gasteiger partial charge in [-0.2, -0.15) is 0 Å². The molecule has 1 rings (SSSR count). The van der Waals surface area contributed by atoms with Gasteiger partial charge in [0, 0.05) is 0 Å². The van der Waals surface area contributed by atoms with Crippen LogP contribution in [0.4, 0.5) is 0 Å². The summed E-state index contributed by atoms with van der Waals surface area (Å²) in [5.74, 6) is -2.45. The Hall–Kier alpha value is -1.59. The van der Waals surface area contributed by atoms with Crippen molar-refractivity contribution in [1.29, 1.82) is 0 Å². The maximum atomic E-state index is 10.2. The number of hydrogen-bond acceptors (Lipinski definition) is 4. The minimum Gasteiger partial charge on any atom is -0.478 e. The van der Waals surface area contributed by atoms with E-state index in [1.807, 2.05) is 0 Å². The predicted molar refractivity (Wildman–Crippen MR) is 32.2 cm³/mol. The molecule has 1 heterocycles. The van der Waals surface area contributed by atoms with Crippen molar-refractivity contribution >= 4 is 17.7 Å². The Morgan fingerprint density at radius 1 is 1.55 bits per heavy atom. The van der Waals surface area contributed by atoms with Gasteiger partial charge >= 0.3 is 11.9 Å². The van der Waals surface area contributed by atoms with Gasteiger partial charge in [-0.15, -0.1) is 0 Å². The second kappa shape index (κ2) is 2.57. The molecule has 0 amide bonds. The van der Waals surface area contributed by atoms with Crippen LogP contribution >= 0.6 is 0 Å². The van der Waals surface area contributed by atoms with Crippen molar-refractivity contribution in [1.82, 2.24) is 0 Å². The van der Waals surface area contributed by atoms with E-state index in [-0.39, 0.29) is 12.1 Å². The zero-order valence-electron chi connectivity index (χ0n) is 5.35. The van der Waals surface area contributed by atoms with Gasteiger partial charge in [-0.1, -0.05) is 5.16 Å². The highest BCUT2D eigenvalue weighted by Gasteiger charge is 2.30. The lowest BCUT2D eigenvalue weighted by Crippen LogP contribution is -2.21. The highest BCUT2D eigenvalue weighted by Crippen LogP contribution is 2.10. The van der Waals surface area contributed by atoms with Crippen LogP contribution in [0.5, 0.6) is 0 Å². The molecule has 60 valence electrons. The molecule has 0 saturated heterocycles. The molecule has 0 spiro atoms. The lowest BCUT2D eigenvalue weighted by Gasteiger charge is -1.97. The number of nitrogens with zero attached hydrogens (tertiary/aromatic N) is 1. The quantitative estimate of drug-likeness (QED) is 0.555. The maximum Gasteiger partial charge on any atom is 0.353 e. The van der Waals surface area contributed by atoms with Crippen molar-refractivity contribution in [3.63, 3.8) is 0 Å². The Bertz CT molecular complexity index is 233. The number of carbonyl (C=O) groups is 2. The molecule has 6 heteroatoms. The molecule has 0 bridgehead atoms. The number of carboxylic acid groups (broad SMARTS) is 2. The molecule has 0 radical (unpaired) electrons. The summed E-state index contributed by atoms with van der Waals surface area (Å²) in [7, 11) is 0. The van der Waals surface area contributed by atoms with E-state index in [4.69, 9.17) is 10.2 Å². The zero-order chi connectivity index (χ0) is 8.43. The molecule has 0 saturated carbocycles. The molecular formula is C5H5NO5. The average molecular weight is 159 g/mol. The van der Waals surface area contributed by atoms with Gasteiger partial charge in [0.25, 0.3) is 0 Å². The topological polar surface area (TPSA) is 96.2 Å². The van der Waals surface area contributed by atoms with Crippen LogP contribution in [-0.2, 0) is 14.4 Å². The first-order valence-electron chi connectivity index (χ1n) is 2.80. The number of oxime groups is 1. The van der Waals surface area contributed by atoms with Gasteiger partial charge in [0.15, 0.2) is 5.71 Å². The second-order valence-electron chi connectivity index (χ2n) is 1.98. The van der Waals surface area contributed by atoms with Crippen LogP contribution in [0.2, 0.25) is 0 Å². The van der Waals surface area contributed by atoms with Crippen LogP contribution in [-0.4, -0.2) is 34.0 Å². The summed E-state index contributed by atoms with van der Waals surface area (Å²) in [6.45, 7) is 0. The summed E-state index contributed by atoms with van der Waals surface area (Å²) in [6.07, 6.45) is -1.31. The zero-order valence-corrected chi connectivity index (χ0v) is 5.35. The van der Waals surface area contributed by atoms with Crippen LogP contribution < -0.4 is 0 Å². The summed E-state index contributed by atoms with van der Waals surface area (Å²) in [6, 6.07) is 0. The van der Waals surface area contributed by atoms with E-state index >= 15 is 0 Å². The first-order valence-corrected chi connectivity index (χ1v) is 2.80. The summed E-state index contributed by atoms with van der Waals surface area (Å²) in [4.78, 5) is 24.6. The van der Waals surface area contributed by atoms with Gasteiger partial charge < -0.3 is 15.1 Å². The van der Waals surface area contributed by atoms with Crippen LogP contribution in [0.3, 0.4) is 0 Å². The normalized spacial score (nSPS) is 22.2. The summed E-state index contributed by atoms with van der Waals surface area (Å²) >= 11 is 0. The Morgan fingerprint density at radius 2 is 2.18 bits per heavy atom. The fraction of sp³-hybridized carbons (Fsp3) is 0.400. The van der Waals surface area contributed by atoms with Gasteiger partial charge in [-0.3, -0.25) is 0 Å². The molecule has 0 aromatic heterocycles. The van der Waals surface area contributed by atoms with E-state index in [0.717, 1.165) is 0 Å². The summed E-state index contributed by atoms with van der Waals surface area (Å²) < 4.78 is 0. The van der Waals surface area contributed by atoms with Crippen molar-refractivity contribution < 1.29 is 24.6 Å². The third-order valence-electron chi connectivity index (χ3n) is 1.19. The van der Waals surface area contributed by atoms with E-state index < -0.39 is 18.0 Å². The third-order valence-corrected chi connectivity index (χ3v) is 1.19. The second-order valence-corrected chi connectivity index (χ2v) is 1.98. The van der Waals surface area contributed by atoms with Crippen molar-refractivity contribution in [3.05, 3.63) is 0 Å². The minimum absolute atomic E-state index is 0.176. The number of aliphatic carboxylic acids is 2. The molecule has 2 N–H and O–H groups in total. The van der Waals surface area contributed by atoms with Crippen molar-refractivity contribution in [2.24, 2.45) is 5.16 Å². The number of carboxylic acids is 2. The third kappa shape index (κ3) is 1.46. The molecular weight excluding hydrogens is 154 g/mol. The molecule has 0 aliphatic carbocycles. The largest absolute Gasteiger partial charge is 0.478 e. The highest BCUT2D eigenvalue weighted by molar-refractivity contribution is 6.36. The van der Waals surface area contributed by atoms with Gasteiger partial charge in [0.2, 0.25) is 6.10 Å². The highest BCUT2D eigenvalue weighted by atomic mass is 16.7. The standard InChI is InChI=1S/C5H5NO5/c7-4(8)2-1-3(5(9)10)11-6-2/h3H,1H2,(H,7,8)(H,9,10)/t3-/m1/s1. The molecule has 0 aromatic carbocycles. The lowest BCUT2D eigenvalue weighted by atomic mass is 10.2. The smallest absolute Gasteiger partial charge is 0.353 e. The predicted octanol–water partition coefficient (Wildman–Crippen LogP) is -0.700. The number of hydrogen-bond donors (Lipinski definition) is 2. The van der Waals surface area contributed by atoms with Gasteiger partial charge in [0.05, 0.1) is 6.42 Å². The Kier molecular flexibility index (Phi) is 1.75. The Balaban J connectivity index is 2.56. The van der Waals surface area contributed by atoms with Crippen LogP contribution in [0.15, 0.2) is 5.16 Å². The van der Waals surface area contributed by atoms with Crippen LogP contribution in [0, 0.1) is 0 Å². The fourth-order valence-corrected chi connectivity index (χ4v) is 0.636.